The maximum Gasteiger partial charge on any atom is 0.125 e. The molecule has 0 radical (unpaired) electrons. The van der Waals surface area contributed by atoms with E-state index in [9.17, 15) is 0 Å². The van der Waals surface area contributed by atoms with E-state index in [0.29, 0.717) is 11.9 Å². The third-order valence-corrected chi connectivity index (χ3v) is 3.17. The molecule has 2 N–H and O–H groups in total. The van der Waals surface area contributed by atoms with Gasteiger partial charge in [-0.05, 0) is 19.9 Å². The Morgan fingerprint density at radius 1 is 1.25 bits per heavy atom. The number of piperazine rings is 1. The minimum absolute atomic E-state index is 0.601. The maximum absolute atomic E-state index is 5.69. The molecule has 1 fully saturated rings. The highest BCUT2D eigenvalue weighted by molar-refractivity contribution is 5.52. The van der Waals surface area contributed by atoms with Crippen LogP contribution in [-0.2, 0) is 0 Å². The van der Waals surface area contributed by atoms with E-state index in [-0.39, 0.29) is 0 Å². The molecule has 1 aromatic heterocycles. The molecule has 88 valence electrons. The molecule has 2 rings (SSSR count). The van der Waals surface area contributed by atoms with Crippen molar-refractivity contribution in [2.24, 2.45) is 0 Å². The number of nitrogen functional groups attached to an aromatic ring is 1. The summed E-state index contributed by atoms with van der Waals surface area (Å²) in [6.45, 7) is 8.89. The average Bonchev–Trinajstić information content (AvgIpc) is 2.29. The summed E-state index contributed by atoms with van der Waals surface area (Å²) in [6.07, 6.45) is 1.78. The summed E-state index contributed by atoms with van der Waals surface area (Å²) in [7, 11) is 0. The van der Waals surface area contributed by atoms with Gasteiger partial charge in [0.1, 0.15) is 5.82 Å². The number of nitrogens with zero attached hydrogens (tertiary/aromatic N) is 3. The third kappa shape index (κ3) is 2.44. The molecule has 1 aliphatic heterocycles. The molecule has 0 aliphatic carbocycles. The molecule has 1 aromatic rings. The van der Waals surface area contributed by atoms with Gasteiger partial charge in [-0.25, -0.2) is 4.98 Å². The molecule has 0 spiro atoms. The molecule has 16 heavy (non-hydrogen) atoms. The molecule has 4 heteroatoms. The first kappa shape index (κ1) is 11.2. The van der Waals surface area contributed by atoms with Gasteiger partial charge in [0.2, 0.25) is 0 Å². The Kier molecular flexibility index (Phi) is 3.29. The molecule has 0 aromatic carbocycles. The molecule has 2 heterocycles. The second-order valence-corrected chi connectivity index (χ2v) is 4.56. The topological polar surface area (TPSA) is 45.4 Å². The Balaban J connectivity index is 1.99. The van der Waals surface area contributed by atoms with Gasteiger partial charge in [-0.1, -0.05) is 0 Å². The highest BCUT2D eigenvalue weighted by atomic mass is 15.3. The number of rotatable bonds is 2. The molecule has 1 saturated heterocycles. The van der Waals surface area contributed by atoms with Gasteiger partial charge >= 0.3 is 0 Å². The van der Waals surface area contributed by atoms with Crippen molar-refractivity contribution in [1.29, 1.82) is 0 Å². The second-order valence-electron chi connectivity index (χ2n) is 4.56. The van der Waals surface area contributed by atoms with Crippen LogP contribution >= 0.6 is 0 Å². The number of anilines is 2. The van der Waals surface area contributed by atoms with Gasteiger partial charge < -0.3 is 10.6 Å². The lowest BCUT2D eigenvalue weighted by Gasteiger charge is -2.38. The molecule has 0 atom stereocenters. The number of hydrogen-bond donors (Lipinski definition) is 1. The monoisotopic (exact) mass is 220 g/mol. The minimum atomic E-state index is 0.601. The standard InChI is InChI=1S/C12H20N4/c1-10(2)15-5-7-16(8-6-15)11-3-4-14-12(13)9-11/h3-4,9-10H,5-8H2,1-2H3,(H2,13,14). The molecule has 0 unspecified atom stereocenters. The summed E-state index contributed by atoms with van der Waals surface area (Å²) >= 11 is 0. The maximum atomic E-state index is 5.69. The van der Waals surface area contributed by atoms with Crippen LogP contribution < -0.4 is 10.6 Å². The summed E-state index contributed by atoms with van der Waals surface area (Å²) in [5.74, 6) is 0.601. The second kappa shape index (κ2) is 4.70. The van der Waals surface area contributed by atoms with Crippen molar-refractivity contribution in [3.8, 4) is 0 Å². The quantitative estimate of drug-likeness (QED) is 0.813. The van der Waals surface area contributed by atoms with Gasteiger partial charge in [0.05, 0.1) is 0 Å². The van der Waals surface area contributed by atoms with Crippen LogP contribution in [0.2, 0.25) is 0 Å². The summed E-state index contributed by atoms with van der Waals surface area (Å²) in [5.41, 5.74) is 6.88. The smallest absolute Gasteiger partial charge is 0.125 e. The van der Waals surface area contributed by atoms with Crippen LogP contribution in [0.25, 0.3) is 0 Å². The van der Waals surface area contributed by atoms with Crippen LogP contribution in [0.5, 0.6) is 0 Å². The summed E-state index contributed by atoms with van der Waals surface area (Å²) in [6, 6.07) is 4.62. The molecule has 0 saturated carbocycles. The van der Waals surface area contributed by atoms with Crippen molar-refractivity contribution in [3.63, 3.8) is 0 Å². The van der Waals surface area contributed by atoms with E-state index in [1.807, 2.05) is 12.1 Å². The summed E-state index contributed by atoms with van der Waals surface area (Å²) in [5, 5.41) is 0. The van der Waals surface area contributed by atoms with Gasteiger partial charge in [0, 0.05) is 50.2 Å². The predicted octanol–water partition coefficient (Wildman–Crippen LogP) is 1.19. The first-order chi connectivity index (χ1) is 7.66. The minimum Gasteiger partial charge on any atom is -0.384 e. The molecule has 0 bridgehead atoms. The molecular weight excluding hydrogens is 200 g/mol. The van der Waals surface area contributed by atoms with E-state index in [1.54, 1.807) is 6.20 Å². The lowest BCUT2D eigenvalue weighted by molar-refractivity contribution is 0.209. The molecule has 1 aliphatic rings. The summed E-state index contributed by atoms with van der Waals surface area (Å²) in [4.78, 5) is 8.89. The Labute approximate surface area is 97.1 Å². The van der Waals surface area contributed by atoms with E-state index in [4.69, 9.17) is 5.73 Å². The van der Waals surface area contributed by atoms with E-state index >= 15 is 0 Å². The number of nitrogens with two attached hydrogens (primary N) is 1. The zero-order chi connectivity index (χ0) is 11.5. The van der Waals surface area contributed by atoms with Crippen molar-refractivity contribution >= 4 is 11.5 Å². The zero-order valence-electron chi connectivity index (χ0n) is 10.1. The van der Waals surface area contributed by atoms with E-state index in [1.165, 1.54) is 5.69 Å². The Morgan fingerprint density at radius 2 is 1.94 bits per heavy atom. The normalized spacial score (nSPS) is 18.1. The van der Waals surface area contributed by atoms with Crippen LogP contribution in [0, 0.1) is 0 Å². The van der Waals surface area contributed by atoms with Gasteiger partial charge in [-0.15, -0.1) is 0 Å². The Bertz CT molecular complexity index is 343. The SMILES string of the molecule is CC(C)N1CCN(c2ccnc(N)c2)CC1. The first-order valence-electron chi connectivity index (χ1n) is 5.87. The van der Waals surface area contributed by atoms with Crippen LogP contribution in [0.4, 0.5) is 11.5 Å². The van der Waals surface area contributed by atoms with Crippen molar-refractivity contribution in [3.05, 3.63) is 18.3 Å². The third-order valence-electron chi connectivity index (χ3n) is 3.17. The van der Waals surface area contributed by atoms with Crippen molar-refractivity contribution < 1.29 is 0 Å². The largest absolute Gasteiger partial charge is 0.384 e. The first-order valence-corrected chi connectivity index (χ1v) is 5.87. The Morgan fingerprint density at radius 3 is 2.50 bits per heavy atom. The molecular formula is C12H20N4. The van der Waals surface area contributed by atoms with Crippen LogP contribution in [0.15, 0.2) is 18.3 Å². The van der Waals surface area contributed by atoms with E-state index in [0.717, 1.165) is 26.2 Å². The van der Waals surface area contributed by atoms with Crippen molar-refractivity contribution in [2.75, 3.05) is 36.8 Å². The number of pyridine rings is 1. The van der Waals surface area contributed by atoms with E-state index in [2.05, 4.69) is 28.6 Å². The zero-order valence-corrected chi connectivity index (χ0v) is 10.1. The van der Waals surface area contributed by atoms with Gasteiger partial charge in [-0.3, -0.25) is 4.90 Å². The molecule has 4 nitrogen and oxygen atoms in total. The van der Waals surface area contributed by atoms with Gasteiger partial charge in [-0.2, -0.15) is 0 Å². The van der Waals surface area contributed by atoms with Crippen molar-refractivity contribution in [2.45, 2.75) is 19.9 Å². The molecule has 0 amide bonds. The van der Waals surface area contributed by atoms with Crippen LogP contribution in [0.3, 0.4) is 0 Å². The van der Waals surface area contributed by atoms with Crippen molar-refractivity contribution in [1.82, 2.24) is 9.88 Å². The number of aromatic nitrogens is 1. The predicted molar refractivity (Wildman–Crippen MR) is 67.6 cm³/mol. The van der Waals surface area contributed by atoms with E-state index < -0.39 is 0 Å². The lowest BCUT2D eigenvalue weighted by atomic mass is 10.2. The van der Waals surface area contributed by atoms with Crippen LogP contribution in [-0.4, -0.2) is 42.1 Å². The summed E-state index contributed by atoms with van der Waals surface area (Å²) < 4.78 is 0. The highest BCUT2D eigenvalue weighted by Gasteiger charge is 2.18. The fourth-order valence-electron chi connectivity index (χ4n) is 2.13. The number of hydrogen-bond acceptors (Lipinski definition) is 4. The van der Waals surface area contributed by atoms with Gasteiger partial charge in [0.15, 0.2) is 0 Å². The van der Waals surface area contributed by atoms with Gasteiger partial charge in [0.25, 0.3) is 0 Å². The highest BCUT2D eigenvalue weighted by Crippen LogP contribution is 2.18. The average molecular weight is 220 g/mol. The lowest BCUT2D eigenvalue weighted by Crippen LogP contribution is -2.48. The fraction of sp³-hybridized carbons (Fsp3) is 0.583. The fourth-order valence-corrected chi connectivity index (χ4v) is 2.13. The van der Waals surface area contributed by atoms with Crippen LogP contribution in [0.1, 0.15) is 13.8 Å². The Hall–Kier alpha value is -1.29.